The van der Waals surface area contributed by atoms with E-state index >= 15 is 0 Å². The first kappa shape index (κ1) is 20.8. The minimum atomic E-state index is 0. The Morgan fingerprint density at radius 2 is 2.04 bits per heavy atom. The zero-order valence-electron chi connectivity index (χ0n) is 16.6. The number of nitrogens with one attached hydrogen (secondary N) is 1. The summed E-state index contributed by atoms with van der Waals surface area (Å²) in [5.74, 6) is 4.48. The van der Waals surface area contributed by atoms with E-state index in [4.69, 9.17) is 4.52 Å². The van der Waals surface area contributed by atoms with Crippen LogP contribution >= 0.6 is 24.0 Å². The van der Waals surface area contributed by atoms with Crippen LogP contribution in [0.15, 0.2) is 9.52 Å². The first-order valence-corrected chi connectivity index (χ1v) is 10.3. The number of fused-ring (bicyclic) bond motifs is 2. The van der Waals surface area contributed by atoms with E-state index in [-0.39, 0.29) is 24.0 Å². The molecule has 3 fully saturated rings. The van der Waals surface area contributed by atoms with Gasteiger partial charge < -0.3 is 14.7 Å². The fourth-order valence-electron chi connectivity index (χ4n) is 5.08. The Kier molecular flexibility index (Phi) is 7.35. The van der Waals surface area contributed by atoms with Crippen molar-refractivity contribution in [3.05, 3.63) is 11.7 Å². The summed E-state index contributed by atoms with van der Waals surface area (Å²) in [6.45, 7) is 7.26. The Morgan fingerprint density at radius 3 is 2.63 bits per heavy atom. The third-order valence-electron chi connectivity index (χ3n) is 6.44. The summed E-state index contributed by atoms with van der Waals surface area (Å²) in [6, 6.07) is 0.858. The molecule has 4 rings (SSSR count). The van der Waals surface area contributed by atoms with Crippen molar-refractivity contribution >= 4 is 29.9 Å². The molecule has 3 unspecified atom stereocenters. The van der Waals surface area contributed by atoms with Crippen molar-refractivity contribution in [3.8, 4) is 0 Å². The molecule has 0 amide bonds. The first-order chi connectivity index (χ1) is 12.8. The van der Waals surface area contributed by atoms with Crippen molar-refractivity contribution < 1.29 is 4.52 Å². The molecule has 0 aromatic carbocycles. The molecule has 2 bridgehead atoms. The molecule has 1 aromatic heterocycles. The number of piperazine rings is 1. The third kappa shape index (κ3) is 4.75. The third-order valence-corrected chi connectivity index (χ3v) is 6.44. The number of guanidine groups is 1. The predicted octanol–water partition coefficient (Wildman–Crippen LogP) is 2.17. The molecular weight excluding hydrogens is 455 g/mol. The van der Waals surface area contributed by atoms with Gasteiger partial charge in [0, 0.05) is 58.7 Å². The molecule has 1 aliphatic heterocycles. The van der Waals surface area contributed by atoms with Crippen LogP contribution in [0.5, 0.6) is 0 Å². The lowest BCUT2D eigenvalue weighted by atomic mass is 9.93. The lowest BCUT2D eigenvalue weighted by Crippen LogP contribution is -2.55. The minimum Gasteiger partial charge on any atom is -0.356 e. The van der Waals surface area contributed by atoms with Crippen LogP contribution < -0.4 is 5.32 Å². The van der Waals surface area contributed by atoms with Gasteiger partial charge in [0.25, 0.3) is 0 Å². The van der Waals surface area contributed by atoms with Gasteiger partial charge >= 0.3 is 0 Å². The van der Waals surface area contributed by atoms with Gasteiger partial charge in [-0.3, -0.25) is 9.89 Å². The lowest BCUT2D eigenvalue weighted by molar-refractivity contribution is 0.0959. The Balaban J connectivity index is 0.00000210. The quantitative estimate of drug-likeness (QED) is 0.390. The average Bonchev–Trinajstić information content (AvgIpc) is 3.42. The summed E-state index contributed by atoms with van der Waals surface area (Å²) < 4.78 is 5.16. The molecule has 3 atom stereocenters. The second kappa shape index (κ2) is 9.54. The molecule has 2 heterocycles. The van der Waals surface area contributed by atoms with E-state index in [0.717, 1.165) is 62.1 Å². The molecule has 7 nitrogen and oxygen atoms in total. The summed E-state index contributed by atoms with van der Waals surface area (Å²) in [5, 5.41) is 7.47. The summed E-state index contributed by atoms with van der Waals surface area (Å²) in [6.07, 6.45) is 7.43. The number of halogens is 1. The van der Waals surface area contributed by atoms with Crippen molar-refractivity contribution in [2.24, 2.45) is 16.8 Å². The second-order valence-corrected chi connectivity index (χ2v) is 7.95. The fourth-order valence-corrected chi connectivity index (χ4v) is 5.08. The number of aromatic nitrogens is 2. The molecule has 27 heavy (non-hydrogen) atoms. The maximum Gasteiger partial charge on any atom is 0.226 e. The van der Waals surface area contributed by atoms with Gasteiger partial charge in [0.15, 0.2) is 11.8 Å². The van der Waals surface area contributed by atoms with Crippen LogP contribution in [0, 0.1) is 11.8 Å². The number of hydrogen-bond donors (Lipinski definition) is 1. The van der Waals surface area contributed by atoms with Crippen LogP contribution in [-0.4, -0.2) is 71.7 Å². The molecule has 1 saturated heterocycles. The van der Waals surface area contributed by atoms with Crippen molar-refractivity contribution in [2.75, 3.05) is 39.8 Å². The van der Waals surface area contributed by atoms with E-state index in [1.165, 1.54) is 38.8 Å². The summed E-state index contributed by atoms with van der Waals surface area (Å²) in [5.41, 5.74) is 0. The largest absolute Gasteiger partial charge is 0.356 e. The van der Waals surface area contributed by atoms with E-state index in [2.05, 4.69) is 30.2 Å². The number of nitrogens with zero attached hydrogens (tertiary/aromatic N) is 5. The van der Waals surface area contributed by atoms with Gasteiger partial charge in [-0.15, -0.1) is 24.0 Å². The average molecular weight is 488 g/mol. The van der Waals surface area contributed by atoms with E-state index in [1.54, 1.807) is 0 Å². The molecule has 1 N–H and O–H groups in total. The Morgan fingerprint density at radius 1 is 1.22 bits per heavy atom. The van der Waals surface area contributed by atoms with Crippen molar-refractivity contribution in [2.45, 2.75) is 51.5 Å². The van der Waals surface area contributed by atoms with E-state index < -0.39 is 0 Å². The highest BCUT2D eigenvalue weighted by Gasteiger charge is 2.42. The zero-order valence-corrected chi connectivity index (χ0v) is 18.9. The van der Waals surface area contributed by atoms with Crippen LogP contribution in [0.4, 0.5) is 0 Å². The Hall–Kier alpha value is -0.900. The number of hydrogen-bond acceptors (Lipinski definition) is 5. The van der Waals surface area contributed by atoms with Crippen LogP contribution in [0.2, 0.25) is 0 Å². The van der Waals surface area contributed by atoms with E-state index in [9.17, 15) is 0 Å². The standard InChI is InChI=1S/C19H32N6O.HI/c1-3-18-22-17(23-26-18)6-7-21-19(20-2)25-10-8-24(9-11-25)16-13-14-4-5-15(16)12-14;/h14-16H,3-13H2,1-2H3,(H,20,21);1H. The van der Waals surface area contributed by atoms with Crippen LogP contribution in [-0.2, 0) is 12.8 Å². The Bertz CT molecular complexity index is 627. The maximum absolute atomic E-state index is 5.16. The van der Waals surface area contributed by atoms with Gasteiger partial charge in [0.05, 0.1) is 0 Å². The SMILES string of the molecule is CCc1nc(CCNC(=NC)N2CCN(C3CC4CCC3C4)CC2)no1.I. The molecule has 1 aromatic rings. The highest BCUT2D eigenvalue weighted by Crippen LogP contribution is 2.46. The normalized spacial score (nSPS) is 28.4. The van der Waals surface area contributed by atoms with Crippen molar-refractivity contribution in [1.82, 2.24) is 25.3 Å². The fraction of sp³-hybridized carbons (Fsp3) is 0.842. The molecule has 8 heteroatoms. The molecule has 152 valence electrons. The number of aliphatic imine (C=N–C) groups is 1. The van der Waals surface area contributed by atoms with Gasteiger partial charge in [-0.1, -0.05) is 18.5 Å². The monoisotopic (exact) mass is 488 g/mol. The van der Waals surface area contributed by atoms with Gasteiger partial charge in [-0.05, 0) is 31.1 Å². The van der Waals surface area contributed by atoms with Crippen molar-refractivity contribution in [1.29, 1.82) is 0 Å². The molecular formula is C19H33IN6O. The highest BCUT2D eigenvalue weighted by atomic mass is 127. The molecule has 0 radical (unpaired) electrons. The van der Waals surface area contributed by atoms with Gasteiger partial charge in [0.2, 0.25) is 5.89 Å². The summed E-state index contributed by atoms with van der Waals surface area (Å²) >= 11 is 0. The molecule has 2 aliphatic carbocycles. The van der Waals surface area contributed by atoms with Crippen molar-refractivity contribution in [3.63, 3.8) is 0 Å². The zero-order chi connectivity index (χ0) is 17.9. The number of aryl methyl sites for hydroxylation is 1. The smallest absolute Gasteiger partial charge is 0.226 e. The molecule has 3 aliphatic rings. The van der Waals surface area contributed by atoms with Gasteiger partial charge in [-0.25, -0.2) is 0 Å². The van der Waals surface area contributed by atoms with Crippen LogP contribution in [0.1, 0.15) is 44.3 Å². The van der Waals surface area contributed by atoms with Crippen LogP contribution in [0.25, 0.3) is 0 Å². The predicted molar refractivity (Wildman–Crippen MR) is 117 cm³/mol. The molecule has 2 saturated carbocycles. The van der Waals surface area contributed by atoms with Crippen LogP contribution in [0.3, 0.4) is 0 Å². The van der Waals surface area contributed by atoms with E-state index in [0.29, 0.717) is 5.89 Å². The molecule has 0 spiro atoms. The minimum absolute atomic E-state index is 0. The van der Waals surface area contributed by atoms with E-state index in [1.807, 2.05) is 14.0 Å². The topological polar surface area (TPSA) is 69.8 Å². The number of rotatable bonds is 5. The van der Waals surface area contributed by atoms with Gasteiger partial charge in [-0.2, -0.15) is 4.98 Å². The highest BCUT2D eigenvalue weighted by molar-refractivity contribution is 14.0. The van der Waals surface area contributed by atoms with Gasteiger partial charge in [0.1, 0.15) is 0 Å². The second-order valence-electron chi connectivity index (χ2n) is 7.95. The first-order valence-electron chi connectivity index (χ1n) is 10.3. The lowest BCUT2D eigenvalue weighted by Gasteiger charge is -2.41. The maximum atomic E-state index is 5.16. The Labute approximate surface area is 179 Å². The summed E-state index contributed by atoms with van der Waals surface area (Å²) in [7, 11) is 1.87. The summed E-state index contributed by atoms with van der Waals surface area (Å²) in [4.78, 5) is 14.0.